The number of nitrogens with one attached hydrogen (secondary N) is 3. The molecule has 2 heterocycles. The number of ether oxygens (including phenoxy) is 2. The molecule has 1 aliphatic rings. The molecule has 0 spiro atoms. The van der Waals surface area contributed by atoms with Gasteiger partial charge in [0.15, 0.2) is 0 Å². The fraction of sp³-hybridized carbons (Fsp3) is 0.269. The van der Waals surface area contributed by atoms with Crippen molar-refractivity contribution in [2.45, 2.75) is 12.5 Å². The number of morpholine rings is 1. The molecule has 40 heavy (non-hydrogen) atoms. The van der Waals surface area contributed by atoms with Gasteiger partial charge in [-0.2, -0.15) is 5.21 Å². The van der Waals surface area contributed by atoms with Gasteiger partial charge in [-0.1, -0.05) is 11.6 Å². The fourth-order valence-electron chi connectivity index (χ4n) is 3.90. The molecule has 2 aromatic carbocycles. The number of aromatic amines is 1. The number of rotatable bonds is 9. The number of tetrazole rings is 1. The number of anilines is 1. The minimum Gasteiger partial charge on any atom is -0.465 e. The Morgan fingerprint density at radius 2 is 1.90 bits per heavy atom. The number of benzene rings is 2. The summed E-state index contributed by atoms with van der Waals surface area (Å²) in [4.78, 5) is 52.3. The standard InChI is InChI=1S/C26H26ClN7O6/c1-39-26(38)16-2-6-19(7-3-16)28-25(37)21(15-23(36)34-10-12-40-13-11-34)29-22(35)9-4-17-14-18(27)5-8-20(17)24-30-32-33-31-24/h2-9,14,21H,10-13,15H2,1H3,(H,28,37)(H,29,35)(H,30,31,32,33)/b9-4+/t21-/m0/s1. The first-order valence-electron chi connectivity index (χ1n) is 12.2. The topological polar surface area (TPSA) is 168 Å². The van der Waals surface area contributed by atoms with Crippen molar-refractivity contribution in [3.8, 4) is 11.4 Å². The van der Waals surface area contributed by atoms with Gasteiger partial charge < -0.3 is 25.0 Å². The van der Waals surface area contributed by atoms with Crippen molar-refractivity contribution in [3.63, 3.8) is 0 Å². The number of nitrogens with zero attached hydrogens (tertiary/aromatic N) is 4. The monoisotopic (exact) mass is 567 g/mol. The van der Waals surface area contributed by atoms with Crippen molar-refractivity contribution in [2.75, 3.05) is 38.7 Å². The van der Waals surface area contributed by atoms with Gasteiger partial charge in [0.1, 0.15) is 6.04 Å². The van der Waals surface area contributed by atoms with E-state index in [0.29, 0.717) is 59.5 Å². The van der Waals surface area contributed by atoms with Crippen molar-refractivity contribution in [2.24, 2.45) is 0 Å². The van der Waals surface area contributed by atoms with Crippen LogP contribution in [0, 0.1) is 0 Å². The second-order valence-corrected chi connectivity index (χ2v) is 9.05. The van der Waals surface area contributed by atoms with Crippen LogP contribution in [-0.2, 0) is 23.9 Å². The molecule has 1 aliphatic heterocycles. The van der Waals surface area contributed by atoms with Crippen molar-refractivity contribution >= 4 is 47.1 Å². The zero-order valence-electron chi connectivity index (χ0n) is 21.4. The van der Waals surface area contributed by atoms with Crippen molar-refractivity contribution < 1.29 is 28.7 Å². The van der Waals surface area contributed by atoms with E-state index in [-0.39, 0.29) is 12.3 Å². The van der Waals surface area contributed by atoms with Gasteiger partial charge in [0.05, 0.1) is 32.3 Å². The summed E-state index contributed by atoms with van der Waals surface area (Å²) >= 11 is 6.13. The van der Waals surface area contributed by atoms with Crippen LogP contribution in [0.3, 0.4) is 0 Å². The third kappa shape index (κ3) is 7.48. The normalized spacial score (nSPS) is 14.0. The maximum absolute atomic E-state index is 13.2. The lowest BCUT2D eigenvalue weighted by atomic mass is 10.1. The van der Waals surface area contributed by atoms with Gasteiger partial charge in [-0.05, 0) is 59.3 Å². The highest BCUT2D eigenvalue weighted by Crippen LogP contribution is 2.24. The van der Waals surface area contributed by atoms with Crippen LogP contribution in [-0.4, -0.2) is 88.7 Å². The molecule has 1 saturated heterocycles. The lowest BCUT2D eigenvalue weighted by Gasteiger charge is -2.28. The molecule has 1 fully saturated rings. The van der Waals surface area contributed by atoms with E-state index in [4.69, 9.17) is 16.3 Å². The molecule has 1 aromatic heterocycles. The van der Waals surface area contributed by atoms with E-state index >= 15 is 0 Å². The zero-order valence-corrected chi connectivity index (χ0v) is 22.2. The van der Waals surface area contributed by atoms with Crippen LogP contribution in [0.25, 0.3) is 17.5 Å². The van der Waals surface area contributed by atoms with E-state index in [1.54, 1.807) is 23.1 Å². The summed E-state index contributed by atoms with van der Waals surface area (Å²) in [7, 11) is 1.27. The zero-order chi connectivity index (χ0) is 28.5. The summed E-state index contributed by atoms with van der Waals surface area (Å²) < 4.78 is 9.97. The maximum Gasteiger partial charge on any atom is 0.337 e. The Balaban J connectivity index is 1.50. The van der Waals surface area contributed by atoms with Crippen LogP contribution in [0.15, 0.2) is 48.5 Å². The average molecular weight is 568 g/mol. The second-order valence-electron chi connectivity index (χ2n) is 8.62. The first-order valence-corrected chi connectivity index (χ1v) is 12.6. The van der Waals surface area contributed by atoms with Crippen LogP contribution in [0.4, 0.5) is 5.69 Å². The lowest BCUT2D eigenvalue weighted by Crippen LogP contribution is -2.48. The molecular weight excluding hydrogens is 542 g/mol. The molecular formula is C26H26ClN7O6. The summed E-state index contributed by atoms with van der Waals surface area (Å²) in [5, 5.41) is 19.6. The molecule has 1 atom stereocenters. The Hall–Kier alpha value is -4.62. The van der Waals surface area contributed by atoms with Crippen molar-refractivity contribution in [3.05, 3.63) is 64.7 Å². The van der Waals surface area contributed by atoms with E-state index in [1.807, 2.05) is 0 Å². The third-order valence-corrected chi connectivity index (χ3v) is 6.20. The molecule has 0 unspecified atom stereocenters. The molecule has 208 valence electrons. The number of methoxy groups -OCH3 is 1. The Morgan fingerprint density at radius 3 is 2.58 bits per heavy atom. The van der Waals surface area contributed by atoms with Crippen LogP contribution in [0.1, 0.15) is 22.3 Å². The number of amides is 3. The molecule has 0 aliphatic carbocycles. The van der Waals surface area contributed by atoms with Gasteiger partial charge in [0.2, 0.25) is 23.5 Å². The number of carbonyl (C=O) groups excluding carboxylic acids is 4. The minimum absolute atomic E-state index is 0.267. The quantitative estimate of drug-likeness (QED) is 0.257. The van der Waals surface area contributed by atoms with Gasteiger partial charge in [0.25, 0.3) is 0 Å². The highest BCUT2D eigenvalue weighted by atomic mass is 35.5. The summed E-state index contributed by atoms with van der Waals surface area (Å²) in [6.45, 7) is 1.58. The predicted octanol–water partition coefficient (Wildman–Crippen LogP) is 1.69. The van der Waals surface area contributed by atoms with Crippen LogP contribution < -0.4 is 10.6 Å². The molecule has 4 rings (SSSR count). The first kappa shape index (κ1) is 28.4. The van der Waals surface area contributed by atoms with Crippen molar-refractivity contribution in [1.82, 2.24) is 30.8 Å². The largest absolute Gasteiger partial charge is 0.465 e. The second kappa shape index (κ2) is 13.4. The summed E-state index contributed by atoms with van der Waals surface area (Å²) in [5.41, 5.74) is 1.80. The molecule has 0 bridgehead atoms. The van der Waals surface area contributed by atoms with Crippen molar-refractivity contribution in [1.29, 1.82) is 0 Å². The predicted molar refractivity (Wildman–Crippen MR) is 144 cm³/mol. The van der Waals surface area contributed by atoms with E-state index in [0.717, 1.165) is 0 Å². The van der Waals surface area contributed by atoms with Gasteiger partial charge in [0, 0.05) is 35.4 Å². The molecule has 14 heteroatoms. The van der Waals surface area contributed by atoms with Crippen LogP contribution >= 0.6 is 11.6 Å². The van der Waals surface area contributed by atoms with Gasteiger partial charge >= 0.3 is 5.97 Å². The number of halogens is 1. The van der Waals surface area contributed by atoms with Crippen LogP contribution in [0.5, 0.6) is 0 Å². The Kier molecular flexibility index (Phi) is 9.54. The van der Waals surface area contributed by atoms with Gasteiger partial charge in [-0.3, -0.25) is 14.4 Å². The van der Waals surface area contributed by atoms with E-state index in [9.17, 15) is 19.2 Å². The maximum atomic E-state index is 13.2. The SMILES string of the molecule is COC(=O)c1ccc(NC(=O)[C@H](CC(=O)N2CCOCC2)NC(=O)/C=C/c2cc(Cl)ccc2-c2nn[nH]n2)cc1. The highest BCUT2D eigenvalue weighted by Gasteiger charge is 2.27. The Bertz CT molecular complexity index is 1390. The van der Waals surface area contributed by atoms with Gasteiger partial charge in [-0.25, -0.2) is 4.79 Å². The molecule has 13 nitrogen and oxygen atoms in total. The number of hydrogen-bond acceptors (Lipinski definition) is 9. The first-order chi connectivity index (χ1) is 19.3. The minimum atomic E-state index is -1.19. The highest BCUT2D eigenvalue weighted by molar-refractivity contribution is 6.30. The Labute approximate surface area is 233 Å². The molecule has 3 N–H and O–H groups in total. The van der Waals surface area contributed by atoms with E-state index in [1.165, 1.54) is 43.5 Å². The van der Waals surface area contributed by atoms with Gasteiger partial charge in [-0.15, -0.1) is 10.2 Å². The Morgan fingerprint density at radius 1 is 1.15 bits per heavy atom. The molecule has 3 aromatic rings. The molecule has 0 radical (unpaired) electrons. The lowest BCUT2D eigenvalue weighted by molar-refractivity contribution is -0.137. The number of carbonyl (C=O) groups is 4. The molecule has 3 amide bonds. The van der Waals surface area contributed by atoms with E-state index < -0.39 is 23.8 Å². The number of esters is 1. The summed E-state index contributed by atoms with van der Waals surface area (Å²) in [6, 6.07) is 9.79. The number of hydrogen-bond donors (Lipinski definition) is 3. The van der Waals surface area contributed by atoms with Crippen LogP contribution in [0.2, 0.25) is 5.02 Å². The fourth-order valence-corrected chi connectivity index (χ4v) is 4.08. The van der Waals surface area contributed by atoms with E-state index in [2.05, 4.69) is 36.0 Å². The smallest absolute Gasteiger partial charge is 0.337 e. The summed E-state index contributed by atoms with van der Waals surface area (Å²) in [5.74, 6) is -1.74. The third-order valence-electron chi connectivity index (χ3n) is 5.96. The number of H-pyrrole nitrogens is 1. The molecule has 0 saturated carbocycles. The summed E-state index contributed by atoms with van der Waals surface area (Å²) in [6.07, 6.45) is 2.45. The average Bonchev–Trinajstić information content (AvgIpc) is 3.51. The number of aromatic nitrogens is 4.